The van der Waals surface area contributed by atoms with Crippen molar-refractivity contribution in [3.05, 3.63) is 11.8 Å². The van der Waals surface area contributed by atoms with E-state index >= 15 is 0 Å². The zero-order valence-corrected chi connectivity index (χ0v) is 9.85. The first-order valence-electron chi connectivity index (χ1n) is 6.36. The predicted octanol–water partition coefficient (Wildman–Crippen LogP) is 2.18. The van der Waals surface area contributed by atoms with Crippen LogP contribution in [0.15, 0.2) is 4.42 Å². The summed E-state index contributed by atoms with van der Waals surface area (Å²) in [5, 5.41) is 8.31. The molecule has 2 aliphatic rings. The molecule has 88 valence electrons. The van der Waals surface area contributed by atoms with Crippen molar-refractivity contribution in [2.45, 2.75) is 45.1 Å². The molecule has 2 fully saturated rings. The van der Waals surface area contributed by atoms with Gasteiger partial charge in [0.25, 0.3) is 0 Å². The Kier molecular flexibility index (Phi) is 2.67. The highest BCUT2D eigenvalue weighted by molar-refractivity contribution is 4.96. The zero-order chi connectivity index (χ0) is 11.0. The minimum absolute atomic E-state index is 0.554. The van der Waals surface area contributed by atoms with Crippen molar-refractivity contribution in [3.8, 4) is 0 Å². The Bertz CT molecular complexity index is 359. The summed E-state index contributed by atoms with van der Waals surface area (Å²) in [7, 11) is 0. The fourth-order valence-corrected chi connectivity index (χ4v) is 2.51. The summed E-state index contributed by atoms with van der Waals surface area (Å²) in [5.74, 6) is 3.04. The Balaban J connectivity index is 1.59. The number of rotatable bonds is 3. The van der Waals surface area contributed by atoms with E-state index in [0.717, 1.165) is 24.2 Å². The van der Waals surface area contributed by atoms with Gasteiger partial charge in [0.05, 0.1) is 6.54 Å². The van der Waals surface area contributed by atoms with Crippen molar-refractivity contribution >= 4 is 0 Å². The molecule has 1 saturated carbocycles. The van der Waals surface area contributed by atoms with E-state index in [1.54, 1.807) is 0 Å². The van der Waals surface area contributed by atoms with Crippen LogP contribution in [-0.2, 0) is 6.54 Å². The van der Waals surface area contributed by atoms with Crippen LogP contribution in [0.1, 0.15) is 50.3 Å². The van der Waals surface area contributed by atoms with E-state index in [1.807, 2.05) is 0 Å². The van der Waals surface area contributed by atoms with Gasteiger partial charge < -0.3 is 4.42 Å². The second-order valence-electron chi connectivity index (χ2n) is 5.29. The molecule has 4 nitrogen and oxygen atoms in total. The lowest BCUT2D eigenvalue weighted by Crippen LogP contribution is -2.19. The Hall–Kier alpha value is -0.900. The smallest absolute Gasteiger partial charge is 0.230 e. The topological polar surface area (TPSA) is 42.2 Å². The van der Waals surface area contributed by atoms with E-state index in [1.165, 1.54) is 38.8 Å². The van der Waals surface area contributed by atoms with Gasteiger partial charge in [-0.05, 0) is 31.7 Å². The molecule has 1 aromatic heterocycles. The molecule has 0 radical (unpaired) electrons. The molecule has 2 heterocycles. The lowest BCUT2D eigenvalue weighted by atomic mass is 9.85. The van der Waals surface area contributed by atoms with Crippen molar-refractivity contribution in [2.24, 2.45) is 5.92 Å². The van der Waals surface area contributed by atoms with Gasteiger partial charge in [0, 0.05) is 12.5 Å². The molecule has 0 N–H and O–H groups in total. The van der Waals surface area contributed by atoms with E-state index in [4.69, 9.17) is 4.42 Å². The summed E-state index contributed by atoms with van der Waals surface area (Å²) in [6.45, 7) is 5.47. The zero-order valence-electron chi connectivity index (χ0n) is 9.85. The standard InChI is InChI=1S/C12H19N3O/c1-9-5-6-15(7-9)8-11-13-14-12(16-11)10-3-2-4-10/h9-10H,2-8H2,1H3/t9-/m1/s1. The van der Waals surface area contributed by atoms with Crippen molar-refractivity contribution in [1.82, 2.24) is 15.1 Å². The second kappa shape index (κ2) is 4.17. The lowest BCUT2D eigenvalue weighted by Gasteiger charge is -2.20. The Morgan fingerprint density at radius 3 is 2.81 bits per heavy atom. The molecule has 4 heteroatoms. The average molecular weight is 221 g/mol. The maximum absolute atomic E-state index is 5.72. The van der Waals surface area contributed by atoms with E-state index in [9.17, 15) is 0 Å². The van der Waals surface area contributed by atoms with Crippen LogP contribution in [-0.4, -0.2) is 28.2 Å². The quantitative estimate of drug-likeness (QED) is 0.784. The van der Waals surface area contributed by atoms with Crippen LogP contribution in [0.2, 0.25) is 0 Å². The first kappa shape index (κ1) is 10.3. The number of hydrogen-bond donors (Lipinski definition) is 0. The summed E-state index contributed by atoms with van der Waals surface area (Å²) in [6, 6.07) is 0. The van der Waals surface area contributed by atoms with Crippen LogP contribution >= 0.6 is 0 Å². The minimum atomic E-state index is 0.554. The van der Waals surface area contributed by atoms with Crippen LogP contribution in [0.5, 0.6) is 0 Å². The highest BCUT2D eigenvalue weighted by Gasteiger charge is 2.26. The van der Waals surface area contributed by atoms with Crippen molar-refractivity contribution < 1.29 is 4.42 Å². The van der Waals surface area contributed by atoms with E-state index in [2.05, 4.69) is 22.0 Å². The molecule has 1 aliphatic heterocycles. The van der Waals surface area contributed by atoms with Crippen LogP contribution in [0.3, 0.4) is 0 Å². The average Bonchev–Trinajstić information content (AvgIpc) is 2.74. The fraction of sp³-hybridized carbons (Fsp3) is 0.833. The number of nitrogens with zero attached hydrogens (tertiary/aromatic N) is 3. The second-order valence-corrected chi connectivity index (χ2v) is 5.29. The minimum Gasteiger partial charge on any atom is -0.424 e. The number of aromatic nitrogens is 2. The summed E-state index contributed by atoms with van der Waals surface area (Å²) in [4.78, 5) is 2.41. The van der Waals surface area contributed by atoms with Crippen LogP contribution in [0, 0.1) is 5.92 Å². The third-order valence-electron chi connectivity index (χ3n) is 3.80. The number of likely N-dealkylation sites (tertiary alicyclic amines) is 1. The van der Waals surface area contributed by atoms with Crippen LogP contribution in [0.25, 0.3) is 0 Å². The van der Waals surface area contributed by atoms with Crippen molar-refractivity contribution in [1.29, 1.82) is 0 Å². The Morgan fingerprint density at radius 2 is 2.19 bits per heavy atom. The predicted molar refractivity (Wildman–Crippen MR) is 59.9 cm³/mol. The van der Waals surface area contributed by atoms with Gasteiger partial charge in [-0.15, -0.1) is 10.2 Å². The van der Waals surface area contributed by atoms with Gasteiger partial charge >= 0.3 is 0 Å². The van der Waals surface area contributed by atoms with Crippen molar-refractivity contribution in [3.63, 3.8) is 0 Å². The summed E-state index contributed by atoms with van der Waals surface area (Å²) >= 11 is 0. The van der Waals surface area contributed by atoms with Gasteiger partial charge in [0.2, 0.25) is 11.8 Å². The molecule has 0 aromatic carbocycles. The molecule has 0 spiro atoms. The molecule has 0 bridgehead atoms. The Morgan fingerprint density at radius 1 is 1.31 bits per heavy atom. The molecule has 1 saturated heterocycles. The Labute approximate surface area is 96.0 Å². The third kappa shape index (κ3) is 1.98. The maximum Gasteiger partial charge on any atom is 0.230 e. The van der Waals surface area contributed by atoms with E-state index in [0.29, 0.717) is 5.92 Å². The first-order valence-corrected chi connectivity index (χ1v) is 6.36. The SMILES string of the molecule is C[C@@H]1CCN(Cc2nnc(C3CCC3)o2)C1. The van der Waals surface area contributed by atoms with Crippen LogP contribution in [0.4, 0.5) is 0 Å². The molecule has 0 unspecified atom stereocenters. The monoisotopic (exact) mass is 221 g/mol. The van der Waals surface area contributed by atoms with E-state index in [-0.39, 0.29) is 0 Å². The van der Waals surface area contributed by atoms with Gasteiger partial charge in [0.15, 0.2) is 0 Å². The molecular weight excluding hydrogens is 202 g/mol. The highest BCUT2D eigenvalue weighted by atomic mass is 16.4. The molecule has 1 aromatic rings. The van der Waals surface area contributed by atoms with E-state index < -0.39 is 0 Å². The summed E-state index contributed by atoms with van der Waals surface area (Å²) in [6.07, 6.45) is 5.06. The van der Waals surface area contributed by atoms with Gasteiger partial charge in [-0.25, -0.2) is 0 Å². The van der Waals surface area contributed by atoms with Crippen molar-refractivity contribution in [2.75, 3.05) is 13.1 Å². The molecule has 0 amide bonds. The summed E-state index contributed by atoms with van der Waals surface area (Å²) in [5.41, 5.74) is 0. The molecular formula is C12H19N3O. The third-order valence-corrected chi connectivity index (χ3v) is 3.80. The van der Waals surface area contributed by atoms with Gasteiger partial charge in [0.1, 0.15) is 0 Å². The molecule has 3 rings (SSSR count). The normalized spacial score (nSPS) is 27.2. The highest BCUT2D eigenvalue weighted by Crippen LogP contribution is 2.35. The first-order chi connectivity index (χ1) is 7.81. The molecule has 1 aliphatic carbocycles. The molecule has 1 atom stereocenters. The largest absolute Gasteiger partial charge is 0.424 e. The van der Waals surface area contributed by atoms with Gasteiger partial charge in [-0.1, -0.05) is 13.3 Å². The van der Waals surface area contributed by atoms with Gasteiger partial charge in [-0.2, -0.15) is 0 Å². The fourth-order valence-electron chi connectivity index (χ4n) is 2.51. The maximum atomic E-state index is 5.72. The summed E-state index contributed by atoms with van der Waals surface area (Å²) < 4.78 is 5.72. The molecule has 16 heavy (non-hydrogen) atoms. The number of hydrogen-bond acceptors (Lipinski definition) is 4. The van der Waals surface area contributed by atoms with Gasteiger partial charge in [-0.3, -0.25) is 4.90 Å². The van der Waals surface area contributed by atoms with Crippen LogP contribution < -0.4 is 0 Å². The lowest BCUT2D eigenvalue weighted by molar-refractivity contribution is 0.265.